The van der Waals surface area contributed by atoms with E-state index in [2.05, 4.69) is 39.0 Å². The second-order valence-electron chi connectivity index (χ2n) is 3.32. The summed E-state index contributed by atoms with van der Waals surface area (Å²) in [5, 5.41) is 0. The van der Waals surface area contributed by atoms with Crippen molar-refractivity contribution in [2.45, 2.75) is 45.8 Å². The molecule has 0 aromatic heterocycles. The Morgan fingerprint density at radius 3 is 2.33 bits per heavy atom. The zero-order chi connectivity index (χ0) is 8.97. The van der Waals surface area contributed by atoms with Gasteiger partial charge in [-0.25, -0.2) is 6.08 Å². The molecule has 1 nitrogen and oxygen atoms in total. The molecular weight excluding hydrogens is 267 g/mol. The van der Waals surface area contributed by atoms with Crippen LogP contribution in [-0.4, -0.2) is 12.2 Å². The van der Waals surface area contributed by atoms with Crippen molar-refractivity contribution in [2.24, 2.45) is 0 Å². The topological polar surface area (TPSA) is 9.23 Å². The van der Waals surface area contributed by atoms with Gasteiger partial charge in [0.15, 0.2) is 0 Å². The third kappa shape index (κ3) is 7.60. The maximum absolute atomic E-state index is 5.73. The van der Waals surface area contributed by atoms with Crippen LogP contribution in [0.25, 0.3) is 0 Å². The van der Waals surface area contributed by atoms with E-state index in [-0.39, 0.29) is 52.6 Å². The van der Waals surface area contributed by atoms with Crippen LogP contribution < -0.4 is 24.8 Å². The molecule has 1 aliphatic carbocycles. The van der Waals surface area contributed by atoms with Gasteiger partial charge in [0.25, 0.3) is 0 Å². The van der Waals surface area contributed by atoms with Crippen LogP contribution in [0.2, 0.25) is 0 Å². The van der Waals surface area contributed by atoms with Crippen molar-refractivity contribution < 1.29 is 51.3 Å². The molecule has 0 aliphatic heterocycles. The first-order valence-corrected chi connectivity index (χ1v) is 4.66. The van der Waals surface area contributed by atoms with Crippen molar-refractivity contribution in [3.63, 3.8) is 0 Å². The van der Waals surface area contributed by atoms with Gasteiger partial charge in [0, 0.05) is 6.10 Å². The van der Waals surface area contributed by atoms with E-state index in [4.69, 9.17) is 4.74 Å². The Morgan fingerprint density at radius 1 is 1.40 bits per heavy atom. The van der Waals surface area contributed by atoms with Gasteiger partial charge in [0.1, 0.15) is 0 Å². The second kappa shape index (κ2) is 11.2. The van der Waals surface area contributed by atoms with Gasteiger partial charge in [-0.1, -0.05) is 6.92 Å². The van der Waals surface area contributed by atoms with E-state index in [0.29, 0.717) is 6.10 Å². The normalized spacial score (nSPS) is 14.8. The van der Waals surface area contributed by atoms with Gasteiger partial charge in [0.2, 0.25) is 0 Å². The minimum atomic E-state index is 0. The largest absolute Gasteiger partial charge is 3.00 e. The molecule has 1 unspecified atom stereocenters. The van der Waals surface area contributed by atoms with Crippen LogP contribution in [0, 0.1) is 6.08 Å². The SMILES string of the molecule is CCC(OC(C)C)C1=[C-]CC=C1.[Cl-].[Cl-].[Ti+3]. The van der Waals surface area contributed by atoms with E-state index in [1.807, 2.05) is 0 Å². The number of rotatable bonds is 4. The first-order chi connectivity index (χ1) is 5.74. The fourth-order valence-corrected chi connectivity index (χ4v) is 1.36. The number of hydrogen-bond acceptors (Lipinski definition) is 1. The molecule has 1 atom stereocenters. The minimum Gasteiger partial charge on any atom is -1.00 e. The van der Waals surface area contributed by atoms with Gasteiger partial charge in [-0.05, 0) is 20.3 Å². The Balaban J connectivity index is -0.000000480. The molecule has 0 aromatic rings. The Hall–Kier alpha value is 0.734. The van der Waals surface area contributed by atoms with E-state index in [1.165, 1.54) is 5.57 Å². The van der Waals surface area contributed by atoms with E-state index >= 15 is 0 Å². The molecule has 1 rings (SSSR count). The zero-order valence-electron chi connectivity index (χ0n) is 9.39. The van der Waals surface area contributed by atoms with E-state index in [1.54, 1.807) is 0 Å². The Bertz CT molecular complexity index is 203. The van der Waals surface area contributed by atoms with Crippen molar-refractivity contribution >= 4 is 0 Å². The van der Waals surface area contributed by atoms with Crippen LogP contribution in [0.1, 0.15) is 33.6 Å². The van der Waals surface area contributed by atoms with Gasteiger partial charge in [-0.2, -0.15) is 11.6 Å². The molecule has 1 aliphatic rings. The molecule has 0 heterocycles. The summed E-state index contributed by atoms with van der Waals surface area (Å²) in [5.41, 5.74) is 1.23. The molecule has 4 heteroatoms. The average Bonchev–Trinajstić information content (AvgIpc) is 2.51. The van der Waals surface area contributed by atoms with Gasteiger partial charge in [0.05, 0.1) is 6.10 Å². The number of hydrogen-bond donors (Lipinski definition) is 0. The molecule has 0 fully saturated rings. The Kier molecular flexibility index (Phi) is 15.8. The minimum absolute atomic E-state index is 0. The standard InChI is InChI=1S/C11H17O.2ClH.Ti/c1-4-11(12-9(2)3)10-7-5-6-8-10;;;/h5,7,9,11H,4,6H2,1-3H3;2*1H;/q-1;;;+3/p-2. The fraction of sp³-hybridized carbons (Fsp3) is 0.636. The molecule has 0 N–H and O–H groups in total. The summed E-state index contributed by atoms with van der Waals surface area (Å²) in [4.78, 5) is 0. The van der Waals surface area contributed by atoms with Gasteiger partial charge >= 0.3 is 21.7 Å². The molecule has 0 spiro atoms. The van der Waals surface area contributed by atoms with Crippen molar-refractivity contribution in [3.8, 4) is 0 Å². The van der Waals surface area contributed by atoms with Crippen molar-refractivity contribution in [1.82, 2.24) is 0 Å². The average molecular weight is 284 g/mol. The smallest absolute Gasteiger partial charge is 1.00 e. The van der Waals surface area contributed by atoms with Crippen LogP contribution in [0.5, 0.6) is 0 Å². The van der Waals surface area contributed by atoms with Crippen molar-refractivity contribution in [2.75, 3.05) is 0 Å². The first kappa shape index (κ1) is 21.1. The molecule has 15 heavy (non-hydrogen) atoms. The number of ether oxygens (including phenoxy) is 1. The predicted molar refractivity (Wildman–Crippen MR) is 50.8 cm³/mol. The fourth-order valence-electron chi connectivity index (χ4n) is 1.36. The molecule has 85 valence electrons. The summed E-state index contributed by atoms with van der Waals surface area (Å²) in [7, 11) is 0. The Morgan fingerprint density at radius 2 is 2.00 bits per heavy atom. The molecule has 1 radical (unpaired) electrons. The molecule has 0 saturated heterocycles. The predicted octanol–water partition coefficient (Wildman–Crippen LogP) is -3.12. The summed E-state index contributed by atoms with van der Waals surface area (Å²) in [6.45, 7) is 6.29. The number of allylic oxidation sites excluding steroid dienone is 2. The van der Waals surface area contributed by atoms with Gasteiger partial charge in [-0.15, -0.1) is 6.42 Å². The maximum Gasteiger partial charge on any atom is 3.00 e. The molecule has 0 saturated carbocycles. The summed E-state index contributed by atoms with van der Waals surface area (Å²) >= 11 is 0. The monoisotopic (exact) mass is 283 g/mol. The summed E-state index contributed by atoms with van der Waals surface area (Å²) in [6.07, 6.45) is 10.1. The van der Waals surface area contributed by atoms with Crippen LogP contribution >= 0.6 is 0 Å². The van der Waals surface area contributed by atoms with Crippen LogP contribution in [-0.2, 0) is 26.5 Å². The summed E-state index contributed by atoms with van der Waals surface area (Å²) in [6, 6.07) is 0. The quantitative estimate of drug-likeness (QED) is 0.392. The van der Waals surface area contributed by atoms with Crippen LogP contribution in [0.3, 0.4) is 0 Å². The van der Waals surface area contributed by atoms with Gasteiger partial charge in [-0.3, -0.25) is 6.08 Å². The molecule has 0 bridgehead atoms. The van der Waals surface area contributed by atoms with Crippen LogP contribution in [0.15, 0.2) is 17.7 Å². The van der Waals surface area contributed by atoms with Gasteiger partial charge < -0.3 is 29.6 Å². The third-order valence-electron chi connectivity index (χ3n) is 1.88. The number of halogens is 2. The van der Waals surface area contributed by atoms with Crippen molar-refractivity contribution in [3.05, 3.63) is 23.8 Å². The second-order valence-corrected chi connectivity index (χ2v) is 3.32. The Labute approximate surface area is 120 Å². The van der Waals surface area contributed by atoms with E-state index in [9.17, 15) is 0 Å². The maximum atomic E-state index is 5.73. The first-order valence-electron chi connectivity index (χ1n) is 4.66. The molecular formula is C11H17Cl2OTi. The van der Waals surface area contributed by atoms with Crippen LogP contribution in [0.4, 0.5) is 0 Å². The van der Waals surface area contributed by atoms with E-state index in [0.717, 1.165) is 12.8 Å². The third-order valence-corrected chi connectivity index (χ3v) is 1.88. The van der Waals surface area contributed by atoms with Crippen molar-refractivity contribution in [1.29, 1.82) is 0 Å². The molecule has 0 amide bonds. The zero-order valence-corrected chi connectivity index (χ0v) is 12.5. The van der Waals surface area contributed by atoms with E-state index < -0.39 is 0 Å². The summed E-state index contributed by atoms with van der Waals surface area (Å²) < 4.78 is 5.73. The molecule has 0 aromatic carbocycles. The summed E-state index contributed by atoms with van der Waals surface area (Å²) in [5.74, 6) is 0.